The number of amides is 1. The van der Waals surface area contributed by atoms with Crippen LogP contribution < -0.4 is 10.1 Å². The second-order valence-electron chi connectivity index (χ2n) is 4.60. The predicted octanol–water partition coefficient (Wildman–Crippen LogP) is 2.04. The fourth-order valence-electron chi connectivity index (χ4n) is 1.92. The van der Waals surface area contributed by atoms with Gasteiger partial charge in [0.15, 0.2) is 6.61 Å². The molecule has 0 spiro atoms. The van der Waals surface area contributed by atoms with E-state index in [-0.39, 0.29) is 6.61 Å². The summed E-state index contributed by atoms with van der Waals surface area (Å²) in [5.74, 6) is -0.631. The molecule has 0 radical (unpaired) electrons. The first-order valence-corrected chi connectivity index (χ1v) is 8.08. The molecule has 1 heterocycles. The van der Waals surface area contributed by atoms with Gasteiger partial charge in [-0.15, -0.1) is 0 Å². The van der Waals surface area contributed by atoms with Gasteiger partial charge in [0, 0.05) is 5.75 Å². The van der Waals surface area contributed by atoms with Crippen molar-refractivity contribution in [2.24, 2.45) is 0 Å². The maximum atomic E-state index is 12.9. The van der Waals surface area contributed by atoms with E-state index in [4.69, 9.17) is 4.74 Å². The Bertz CT molecular complexity index is 563. The van der Waals surface area contributed by atoms with Crippen LogP contribution in [0.5, 0.6) is 5.75 Å². The van der Waals surface area contributed by atoms with E-state index in [0.717, 1.165) is 0 Å². The quantitative estimate of drug-likeness (QED) is 0.820. The van der Waals surface area contributed by atoms with Crippen LogP contribution in [0.1, 0.15) is 6.42 Å². The van der Waals surface area contributed by atoms with E-state index in [1.165, 1.54) is 30.0 Å². The zero-order chi connectivity index (χ0) is 15.5. The number of nitrogens with one attached hydrogen (secondary N) is 1. The van der Waals surface area contributed by atoms with Crippen LogP contribution in [0.25, 0.3) is 0 Å². The average Bonchev–Trinajstić information content (AvgIpc) is 2.87. The van der Waals surface area contributed by atoms with Gasteiger partial charge in [-0.3, -0.25) is 4.79 Å². The Kier molecular flexibility index (Phi) is 5.10. The molecule has 0 saturated carbocycles. The van der Waals surface area contributed by atoms with Crippen molar-refractivity contribution >= 4 is 39.6 Å². The lowest BCUT2D eigenvalue weighted by Crippen LogP contribution is -2.55. The van der Waals surface area contributed by atoms with Crippen molar-refractivity contribution in [2.45, 2.75) is 12.0 Å². The molecule has 1 atom stereocenters. The lowest BCUT2D eigenvalue weighted by atomic mass is 9.99. The molecule has 2 N–H and O–H groups in total. The van der Waals surface area contributed by atoms with Crippen molar-refractivity contribution in [2.75, 3.05) is 18.1 Å². The molecule has 0 bridgehead atoms. The van der Waals surface area contributed by atoms with Gasteiger partial charge >= 0.3 is 5.97 Å². The summed E-state index contributed by atoms with van der Waals surface area (Å²) in [7, 11) is 0. The molecule has 5 nitrogen and oxygen atoms in total. The highest BCUT2D eigenvalue weighted by Crippen LogP contribution is 2.28. The van der Waals surface area contributed by atoms with Crippen molar-refractivity contribution in [3.05, 3.63) is 28.5 Å². The van der Waals surface area contributed by atoms with E-state index in [1.54, 1.807) is 0 Å². The summed E-state index contributed by atoms with van der Waals surface area (Å²) in [5.41, 5.74) is -1.22. The van der Waals surface area contributed by atoms with Crippen molar-refractivity contribution in [1.82, 2.24) is 5.32 Å². The van der Waals surface area contributed by atoms with Crippen LogP contribution in [-0.4, -0.2) is 40.6 Å². The van der Waals surface area contributed by atoms with Gasteiger partial charge in [-0.05, 0) is 46.3 Å². The average molecular weight is 378 g/mol. The Balaban J connectivity index is 1.94. The number of thioether (sulfide) groups is 1. The van der Waals surface area contributed by atoms with E-state index >= 15 is 0 Å². The second kappa shape index (κ2) is 6.65. The standard InChI is InChI=1S/C13H13BrFNO4S/c14-9-5-8(15)1-2-10(9)20-6-11(17)16-13(12(18)19)3-4-21-7-13/h1-2,5H,3-4,6-7H2,(H,16,17)(H,18,19). The molecule has 1 aromatic rings. The number of hydrogen-bond donors (Lipinski definition) is 2. The number of carboxylic acid groups (broad SMARTS) is 1. The van der Waals surface area contributed by atoms with Gasteiger partial charge in [0.25, 0.3) is 5.91 Å². The molecule has 21 heavy (non-hydrogen) atoms. The molecule has 0 aromatic heterocycles. The van der Waals surface area contributed by atoms with Crippen LogP contribution in [0.3, 0.4) is 0 Å². The third kappa shape index (κ3) is 3.88. The summed E-state index contributed by atoms with van der Waals surface area (Å²) in [5, 5.41) is 11.8. The van der Waals surface area contributed by atoms with Gasteiger partial charge in [-0.1, -0.05) is 0 Å². The highest BCUT2D eigenvalue weighted by Gasteiger charge is 2.43. The summed E-state index contributed by atoms with van der Waals surface area (Å²) in [4.78, 5) is 23.2. The number of ether oxygens (including phenoxy) is 1. The molecule has 1 aromatic carbocycles. The first-order valence-electron chi connectivity index (χ1n) is 6.13. The summed E-state index contributed by atoms with van der Waals surface area (Å²) < 4.78 is 18.6. The Labute approximate surface area is 133 Å². The molecule has 2 rings (SSSR count). The molecular formula is C13H13BrFNO4S. The Morgan fingerprint density at radius 3 is 2.86 bits per heavy atom. The van der Waals surface area contributed by atoms with Crippen LogP contribution in [0, 0.1) is 5.82 Å². The van der Waals surface area contributed by atoms with Crippen molar-refractivity contribution in [3.63, 3.8) is 0 Å². The lowest BCUT2D eigenvalue weighted by Gasteiger charge is -2.24. The van der Waals surface area contributed by atoms with Crippen LogP contribution in [0.4, 0.5) is 4.39 Å². The highest BCUT2D eigenvalue weighted by atomic mass is 79.9. The van der Waals surface area contributed by atoms with Gasteiger partial charge in [0.05, 0.1) is 4.47 Å². The number of carbonyl (C=O) groups is 2. The number of benzene rings is 1. The van der Waals surface area contributed by atoms with Crippen molar-refractivity contribution in [1.29, 1.82) is 0 Å². The van der Waals surface area contributed by atoms with Crippen LogP contribution in [-0.2, 0) is 9.59 Å². The van der Waals surface area contributed by atoms with Gasteiger partial charge in [0.2, 0.25) is 0 Å². The third-order valence-corrected chi connectivity index (χ3v) is 4.87. The monoisotopic (exact) mass is 377 g/mol. The summed E-state index contributed by atoms with van der Waals surface area (Å²) in [6.07, 6.45) is 0.388. The minimum absolute atomic E-state index is 0.316. The molecular weight excluding hydrogens is 365 g/mol. The van der Waals surface area contributed by atoms with Crippen LogP contribution in [0.2, 0.25) is 0 Å². The fourth-order valence-corrected chi connectivity index (χ4v) is 3.72. The van der Waals surface area contributed by atoms with Gasteiger partial charge in [-0.2, -0.15) is 11.8 Å². The fraction of sp³-hybridized carbons (Fsp3) is 0.385. The zero-order valence-electron chi connectivity index (χ0n) is 10.9. The minimum atomic E-state index is -1.22. The van der Waals surface area contributed by atoms with Crippen LogP contribution >= 0.6 is 27.7 Å². The molecule has 0 aliphatic carbocycles. The maximum absolute atomic E-state index is 12.9. The lowest BCUT2D eigenvalue weighted by molar-refractivity contribution is -0.146. The normalized spacial score (nSPS) is 21.0. The molecule has 1 unspecified atom stereocenters. The summed E-state index contributed by atoms with van der Waals surface area (Å²) in [6, 6.07) is 3.83. The number of carbonyl (C=O) groups excluding carboxylic acids is 1. The van der Waals surface area contributed by atoms with E-state index in [0.29, 0.717) is 28.1 Å². The van der Waals surface area contributed by atoms with E-state index in [2.05, 4.69) is 21.2 Å². The van der Waals surface area contributed by atoms with E-state index < -0.39 is 23.2 Å². The molecule has 8 heteroatoms. The van der Waals surface area contributed by atoms with Crippen molar-refractivity contribution < 1.29 is 23.8 Å². The zero-order valence-corrected chi connectivity index (χ0v) is 13.3. The Morgan fingerprint density at radius 2 is 2.29 bits per heavy atom. The first kappa shape index (κ1) is 16.1. The number of hydrogen-bond acceptors (Lipinski definition) is 4. The van der Waals surface area contributed by atoms with Gasteiger partial charge in [-0.25, -0.2) is 9.18 Å². The van der Waals surface area contributed by atoms with Crippen LogP contribution in [0.15, 0.2) is 22.7 Å². The molecule has 1 saturated heterocycles. The SMILES string of the molecule is O=C(COc1ccc(F)cc1Br)NC1(C(=O)O)CCSC1. The second-order valence-corrected chi connectivity index (χ2v) is 6.56. The van der Waals surface area contributed by atoms with Gasteiger partial charge < -0.3 is 15.2 Å². The Morgan fingerprint density at radius 1 is 1.52 bits per heavy atom. The van der Waals surface area contributed by atoms with Gasteiger partial charge in [0.1, 0.15) is 17.1 Å². The predicted molar refractivity (Wildman–Crippen MR) is 80.0 cm³/mol. The summed E-state index contributed by atoms with van der Waals surface area (Å²) >= 11 is 4.61. The first-order chi connectivity index (χ1) is 9.93. The number of carboxylic acids is 1. The molecule has 1 aliphatic heterocycles. The topological polar surface area (TPSA) is 75.6 Å². The van der Waals surface area contributed by atoms with E-state index in [9.17, 15) is 19.1 Å². The maximum Gasteiger partial charge on any atom is 0.330 e. The smallest absolute Gasteiger partial charge is 0.330 e. The Hall–Kier alpha value is -1.28. The largest absolute Gasteiger partial charge is 0.483 e. The van der Waals surface area contributed by atoms with E-state index in [1.807, 2.05) is 0 Å². The molecule has 114 valence electrons. The number of rotatable bonds is 5. The third-order valence-electron chi connectivity index (χ3n) is 3.06. The number of halogens is 2. The minimum Gasteiger partial charge on any atom is -0.483 e. The number of aliphatic carboxylic acids is 1. The van der Waals surface area contributed by atoms with Crippen molar-refractivity contribution in [3.8, 4) is 5.75 Å². The molecule has 1 fully saturated rings. The molecule has 1 amide bonds. The summed E-state index contributed by atoms with van der Waals surface area (Å²) in [6.45, 7) is -0.329. The highest BCUT2D eigenvalue weighted by molar-refractivity contribution is 9.10. The molecule has 1 aliphatic rings.